The van der Waals surface area contributed by atoms with Crippen LogP contribution in [0.4, 0.5) is 8.78 Å². The first-order chi connectivity index (χ1) is 11.9. The maximum Gasteiger partial charge on any atom is 0.147 e. The fraction of sp³-hybridized carbons (Fsp3) is 0.300. The lowest BCUT2D eigenvalue weighted by molar-refractivity contribution is 0.557. The van der Waals surface area contributed by atoms with E-state index < -0.39 is 11.6 Å². The SMILES string of the molecule is CN/C(C)=C\C(=C/c1cc(C)ncc1C)CCc1ncc(F)cc1F. The van der Waals surface area contributed by atoms with Crippen molar-refractivity contribution >= 4 is 6.08 Å². The normalized spacial score (nSPS) is 12.4. The van der Waals surface area contributed by atoms with Gasteiger partial charge in [-0.05, 0) is 62.5 Å². The van der Waals surface area contributed by atoms with Crippen LogP contribution in [0.25, 0.3) is 6.08 Å². The van der Waals surface area contributed by atoms with Gasteiger partial charge in [0.2, 0.25) is 0 Å². The van der Waals surface area contributed by atoms with Gasteiger partial charge < -0.3 is 5.32 Å². The molecule has 0 saturated carbocycles. The van der Waals surface area contributed by atoms with E-state index in [4.69, 9.17) is 0 Å². The fourth-order valence-corrected chi connectivity index (χ4v) is 2.43. The first-order valence-corrected chi connectivity index (χ1v) is 8.19. The van der Waals surface area contributed by atoms with Gasteiger partial charge in [-0.25, -0.2) is 8.78 Å². The summed E-state index contributed by atoms with van der Waals surface area (Å²) in [5.41, 5.74) is 5.40. The molecule has 0 spiro atoms. The topological polar surface area (TPSA) is 37.8 Å². The molecule has 132 valence electrons. The second kappa shape index (κ2) is 8.51. The number of nitrogens with one attached hydrogen (secondary N) is 1. The van der Waals surface area contributed by atoms with Gasteiger partial charge in [0, 0.05) is 30.7 Å². The second-order valence-corrected chi connectivity index (χ2v) is 6.06. The first kappa shape index (κ1) is 18.8. The number of hydrogen-bond donors (Lipinski definition) is 1. The molecule has 5 heteroatoms. The van der Waals surface area contributed by atoms with Crippen molar-refractivity contribution in [1.29, 1.82) is 0 Å². The fourth-order valence-electron chi connectivity index (χ4n) is 2.43. The predicted octanol–water partition coefficient (Wildman–Crippen LogP) is 4.51. The Kier molecular flexibility index (Phi) is 6.39. The third kappa shape index (κ3) is 5.48. The van der Waals surface area contributed by atoms with Gasteiger partial charge in [-0.3, -0.25) is 9.97 Å². The van der Waals surface area contributed by atoms with Crippen LogP contribution in [0.1, 0.15) is 35.9 Å². The number of allylic oxidation sites excluding steroid dienone is 3. The Morgan fingerprint density at radius 2 is 1.92 bits per heavy atom. The highest BCUT2D eigenvalue weighted by molar-refractivity contribution is 5.59. The van der Waals surface area contributed by atoms with Crippen LogP contribution in [0.3, 0.4) is 0 Å². The zero-order chi connectivity index (χ0) is 18.4. The third-order valence-electron chi connectivity index (χ3n) is 3.95. The van der Waals surface area contributed by atoms with Crippen LogP contribution >= 0.6 is 0 Å². The molecule has 25 heavy (non-hydrogen) atoms. The highest BCUT2D eigenvalue weighted by atomic mass is 19.1. The van der Waals surface area contributed by atoms with Crippen molar-refractivity contribution in [3.05, 3.63) is 76.0 Å². The summed E-state index contributed by atoms with van der Waals surface area (Å²) in [6.45, 7) is 5.92. The molecule has 0 fully saturated rings. The zero-order valence-electron chi connectivity index (χ0n) is 15.0. The average Bonchev–Trinajstić information content (AvgIpc) is 2.57. The van der Waals surface area contributed by atoms with Crippen LogP contribution in [0.15, 0.2) is 41.9 Å². The lowest BCUT2D eigenvalue weighted by Crippen LogP contribution is -2.03. The van der Waals surface area contributed by atoms with Gasteiger partial charge in [0.25, 0.3) is 0 Å². The summed E-state index contributed by atoms with van der Waals surface area (Å²) in [7, 11) is 1.85. The maximum atomic E-state index is 13.8. The summed E-state index contributed by atoms with van der Waals surface area (Å²) in [5.74, 6) is -1.27. The number of pyridine rings is 2. The lowest BCUT2D eigenvalue weighted by Gasteiger charge is -2.08. The number of aromatic nitrogens is 2. The van der Waals surface area contributed by atoms with Gasteiger partial charge in [-0.2, -0.15) is 0 Å². The van der Waals surface area contributed by atoms with E-state index in [1.807, 2.05) is 46.2 Å². The quantitative estimate of drug-likeness (QED) is 0.784. The Balaban J connectivity index is 2.30. The molecule has 0 aliphatic heterocycles. The van der Waals surface area contributed by atoms with Gasteiger partial charge >= 0.3 is 0 Å². The molecular formula is C20H23F2N3. The summed E-state index contributed by atoms with van der Waals surface area (Å²) in [6, 6.07) is 2.89. The maximum absolute atomic E-state index is 13.8. The minimum absolute atomic E-state index is 0.269. The van der Waals surface area contributed by atoms with E-state index in [9.17, 15) is 8.78 Å². The van der Waals surface area contributed by atoms with Crippen molar-refractivity contribution in [2.24, 2.45) is 0 Å². The summed E-state index contributed by atoms with van der Waals surface area (Å²) in [4.78, 5) is 8.15. The van der Waals surface area contributed by atoms with Crippen molar-refractivity contribution < 1.29 is 8.78 Å². The highest BCUT2D eigenvalue weighted by Gasteiger charge is 2.07. The molecular weight excluding hydrogens is 320 g/mol. The van der Waals surface area contributed by atoms with Gasteiger partial charge in [0.05, 0.1) is 11.9 Å². The van der Waals surface area contributed by atoms with E-state index in [-0.39, 0.29) is 5.69 Å². The smallest absolute Gasteiger partial charge is 0.147 e. The Bertz CT molecular complexity index is 811. The first-order valence-electron chi connectivity index (χ1n) is 8.19. The van der Waals surface area contributed by atoms with Crippen LogP contribution in [-0.2, 0) is 6.42 Å². The number of aryl methyl sites for hydroxylation is 3. The Morgan fingerprint density at radius 3 is 2.60 bits per heavy atom. The molecule has 0 saturated heterocycles. The largest absolute Gasteiger partial charge is 0.392 e. The van der Waals surface area contributed by atoms with E-state index in [1.165, 1.54) is 0 Å². The van der Waals surface area contributed by atoms with Crippen molar-refractivity contribution in [1.82, 2.24) is 15.3 Å². The van der Waals surface area contributed by atoms with E-state index in [1.54, 1.807) is 0 Å². The third-order valence-corrected chi connectivity index (χ3v) is 3.95. The number of rotatable bonds is 6. The highest BCUT2D eigenvalue weighted by Crippen LogP contribution is 2.19. The number of hydrogen-bond acceptors (Lipinski definition) is 3. The molecule has 0 atom stereocenters. The molecule has 2 heterocycles. The van der Waals surface area contributed by atoms with Crippen molar-refractivity contribution in [2.75, 3.05) is 7.05 Å². The second-order valence-electron chi connectivity index (χ2n) is 6.06. The summed E-state index contributed by atoms with van der Waals surface area (Å²) >= 11 is 0. The Morgan fingerprint density at radius 1 is 1.16 bits per heavy atom. The Labute approximate surface area is 147 Å². The Hall–Kier alpha value is -2.56. The number of halogens is 2. The van der Waals surface area contributed by atoms with Crippen LogP contribution in [0.2, 0.25) is 0 Å². The molecule has 0 aromatic carbocycles. The molecule has 1 N–H and O–H groups in total. The molecule has 0 unspecified atom stereocenters. The van der Waals surface area contributed by atoms with Crippen LogP contribution in [0, 0.1) is 25.5 Å². The van der Waals surface area contributed by atoms with Crippen molar-refractivity contribution in [2.45, 2.75) is 33.6 Å². The zero-order valence-corrected chi connectivity index (χ0v) is 15.0. The van der Waals surface area contributed by atoms with E-state index in [2.05, 4.69) is 21.4 Å². The summed E-state index contributed by atoms with van der Waals surface area (Å²) < 4.78 is 26.8. The minimum atomic E-state index is -0.661. The molecule has 2 aromatic rings. The molecule has 0 aliphatic rings. The molecule has 2 aromatic heterocycles. The van der Waals surface area contributed by atoms with Crippen LogP contribution in [-0.4, -0.2) is 17.0 Å². The molecule has 0 bridgehead atoms. The monoisotopic (exact) mass is 343 g/mol. The van der Waals surface area contributed by atoms with Gasteiger partial charge in [0.15, 0.2) is 0 Å². The lowest BCUT2D eigenvalue weighted by atomic mass is 10.0. The van der Waals surface area contributed by atoms with E-state index in [0.29, 0.717) is 12.8 Å². The van der Waals surface area contributed by atoms with Gasteiger partial charge in [-0.1, -0.05) is 6.08 Å². The molecule has 0 aliphatic carbocycles. The van der Waals surface area contributed by atoms with Crippen LogP contribution in [0.5, 0.6) is 0 Å². The summed E-state index contributed by atoms with van der Waals surface area (Å²) in [6.07, 6.45) is 7.98. The van der Waals surface area contributed by atoms with Crippen molar-refractivity contribution in [3.8, 4) is 0 Å². The molecule has 0 amide bonds. The van der Waals surface area contributed by atoms with E-state index >= 15 is 0 Å². The minimum Gasteiger partial charge on any atom is -0.392 e. The van der Waals surface area contributed by atoms with Gasteiger partial charge in [0.1, 0.15) is 11.6 Å². The predicted molar refractivity (Wildman–Crippen MR) is 97.0 cm³/mol. The standard InChI is InChI=1S/C20H23F2N3/c1-13-11-24-15(3)8-17(13)9-16(7-14(2)23-4)5-6-20-19(22)10-18(21)12-25-20/h7-12,23H,5-6H2,1-4H3/b14-7-,16-9-. The van der Waals surface area contributed by atoms with Crippen LogP contribution < -0.4 is 5.32 Å². The van der Waals surface area contributed by atoms with Crippen molar-refractivity contribution in [3.63, 3.8) is 0 Å². The average molecular weight is 343 g/mol. The molecule has 0 radical (unpaired) electrons. The van der Waals surface area contributed by atoms with E-state index in [0.717, 1.165) is 40.4 Å². The molecule has 3 nitrogen and oxygen atoms in total. The summed E-state index contributed by atoms with van der Waals surface area (Å²) in [5, 5.41) is 3.09. The van der Waals surface area contributed by atoms with Gasteiger partial charge in [-0.15, -0.1) is 0 Å². The molecule has 2 rings (SSSR count). The number of nitrogens with zero attached hydrogens (tertiary/aromatic N) is 2.